The Morgan fingerprint density at radius 2 is 1.94 bits per heavy atom. The van der Waals surface area contributed by atoms with E-state index in [1.807, 2.05) is 0 Å². The number of rotatable bonds is 7. The highest BCUT2D eigenvalue weighted by Gasteiger charge is 2.10. The molecule has 0 aliphatic heterocycles. The molecule has 1 aromatic rings. The van der Waals surface area contributed by atoms with E-state index >= 15 is 0 Å². The Morgan fingerprint density at radius 1 is 1.35 bits per heavy atom. The first-order valence-electron chi connectivity index (χ1n) is 5.77. The maximum Gasteiger partial charge on any atom is 0.320 e. The fourth-order valence-electron chi connectivity index (χ4n) is 1.39. The molecule has 0 fully saturated rings. The molecule has 3 N–H and O–H groups in total. The van der Waals surface area contributed by atoms with Gasteiger partial charge in [0.1, 0.15) is 6.04 Å². The summed E-state index contributed by atoms with van der Waals surface area (Å²) < 4.78 is 0. The van der Waals surface area contributed by atoms with E-state index in [9.17, 15) is 4.79 Å². The maximum atomic E-state index is 10.5. The van der Waals surface area contributed by atoms with E-state index in [1.165, 1.54) is 11.1 Å². The summed E-state index contributed by atoms with van der Waals surface area (Å²) in [5.74, 6) is 0.775. The minimum absolute atomic E-state index is 0.521. The first-order valence-corrected chi connectivity index (χ1v) is 6.93. The third-order valence-electron chi connectivity index (χ3n) is 2.59. The van der Waals surface area contributed by atoms with Gasteiger partial charge in [-0.15, -0.1) is 0 Å². The summed E-state index contributed by atoms with van der Waals surface area (Å²) in [6.45, 7) is 2.14. The molecule has 4 heteroatoms. The lowest BCUT2D eigenvalue weighted by atomic mass is 10.1. The smallest absolute Gasteiger partial charge is 0.320 e. The summed E-state index contributed by atoms with van der Waals surface area (Å²) in [7, 11) is 0. The quantitative estimate of drug-likeness (QED) is 0.732. The Hall–Kier alpha value is -1.00. The molecule has 1 atom stereocenters. The first-order chi connectivity index (χ1) is 8.13. The number of aliphatic carboxylic acids is 1. The number of carboxylic acid groups (broad SMARTS) is 1. The van der Waals surface area contributed by atoms with Crippen molar-refractivity contribution >= 4 is 17.7 Å². The van der Waals surface area contributed by atoms with Crippen LogP contribution in [0.5, 0.6) is 0 Å². The minimum atomic E-state index is -0.919. The molecule has 94 valence electrons. The fourth-order valence-corrected chi connectivity index (χ4v) is 2.39. The van der Waals surface area contributed by atoms with Gasteiger partial charge < -0.3 is 10.8 Å². The number of thioether (sulfide) groups is 1. The fraction of sp³-hybridized carbons (Fsp3) is 0.462. The number of hydrogen-bond donors (Lipinski definition) is 2. The van der Waals surface area contributed by atoms with Crippen LogP contribution in [0.1, 0.15) is 24.5 Å². The van der Waals surface area contributed by atoms with Crippen molar-refractivity contribution in [2.24, 2.45) is 5.73 Å². The van der Waals surface area contributed by atoms with Crippen molar-refractivity contribution in [2.45, 2.75) is 31.6 Å². The molecule has 0 aliphatic rings. The van der Waals surface area contributed by atoms with Crippen LogP contribution in [-0.2, 0) is 17.0 Å². The summed E-state index contributed by atoms with van der Waals surface area (Å²) in [5, 5.41) is 8.62. The van der Waals surface area contributed by atoms with Crippen LogP contribution in [0.4, 0.5) is 0 Å². The van der Waals surface area contributed by atoms with Crippen molar-refractivity contribution in [3.63, 3.8) is 0 Å². The van der Waals surface area contributed by atoms with Gasteiger partial charge >= 0.3 is 5.97 Å². The minimum Gasteiger partial charge on any atom is -0.480 e. The summed E-state index contributed by atoms with van der Waals surface area (Å²) in [6, 6.07) is 7.80. The number of carboxylic acids is 1. The van der Waals surface area contributed by atoms with Crippen LogP contribution in [0, 0.1) is 0 Å². The summed E-state index contributed by atoms with van der Waals surface area (Å²) >= 11 is 1.72. The summed E-state index contributed by atoms with van der Waals surface area (Å²) in [5.41, 5.74) is 8.03. The van der Waals surface area contributed by atoms with Gasteiger partial charge in [-0.3, -0.25) is 4.79 Å². The highest BCUT2D eigenvalue weighted by atomic mass is 32.2. The molecule has 0 spiro atoms. The standard InChI is InChI=1S/C13H19NO2S/c1-2-10-3-5-11(6-4-10)9-17-8-7-12(14)13(15)16/h3-6,12H,2,7-9,14H2,1H3,(H,15,16). The average molecular weight is 253 g/mol. The molecule has 0 saturated heterocycles. The van der Waals surface area contributed by atoms with Gasteiger partial charge in [0, 0.05) is 5.75 Å². The molecule has 17 heavy (non-hydrogen) atoms. The third-order valence-corrected chi connectivity index (χ3v) is 3.65. The largest absolute Gasteiger partial charge is 0.480 e. The molecular weight excluding hydrogens is 234 g/mol. The van der Waals surface area contributed by atoms with E-state index < -0.39 is 12.0 Å². The van der Waals surface area contributed by atoms with E-state index in [0.717, 1.165) is 17.9 Å². The van der Waals surface area contributed by atoms with Gasteiger partial charge in [-0.1, -0.05) is 31.2 Å². The number of benzene rings is 1. The third kappa shape index (κ3) is 5.24. The average Bonchev–Trinajstić information content (AvgIpc) is 2.35. The second kappa shape index (κ2) is 7.35. The van der Waals surface area contributed by atoms with Gasteiger partial charge in [0.05, 0.1) is 0 Å². The number of hydrogen-bond acceptors (Lipinski definition) is 3. The van der Waals surface area contributed by atoms with E-state index in [4.69, 9.17) is 10.8 Å². The van der Waals surface area contributed by atoms with Crippen molar-refractivity contribution in [1.82, 2.24) is 0 Å². The molecule has 3 nitrogen and oxygen atoms in total. The zero-order valence-electron chi connectivity index (χ0n) is 10.1. The lowest BCUT2D eigenvalue weighted by molar-refractivity contribution is -0.138. The molecule has 0 amide bonds. The number of nitrogens with two attached hydrogens (primary N) is 1. The Bertz CT molecular complexity index is 351. The summed E-state index contributed by atoms with van der Waals surface area (Å²) in [6.07, 6.45) is 1.58. The van der Waals surface area contributed by atoms with Crippen LogP contribution < -0.4 is 5.73 Å². The van der Waals surface area contributed by atoms with Crippen LogP contribution in [-0.4, -0.2) is 22.9 Å². The van der Waals surface area contributed by atoms with Crippen LogP contribution in [0.25, 0.3) is 0 Å². The molecule has 0 radical (unpaired) electrons. The maximum absolute atomic E-state index is 10.5. The molecule has 0 heterocycles. The lowest BCUT2D eigenvalue weighted by Gasteiger charge is -2.06. The van der Waals surface area contributed by atoms with E-state index in [1.54, 1.807) is 11.8 Å². The van der Waals surface area contributed by atoms with Crippen molar-refractivity contribution in [3.8, 4) is 0 Å². The highest BCUT2D eigenvalue weighted by Crippen LogP contribution is 2.14. The van der Waals surface area contributed by atoms with Crippen LogP contribution >= 0.6 is 11.8 Å². The molecule has 0 bridgehead atoms. The number of carbonyl (C=O) groups is 1. The van der Waals surface area contributed by atoms with Gasteiger partial charge in [-0.25, -0.2) is 0 Å². The molecule has 0 saturated carbocycles. The topological polar surface area (TPSA) is 63.3 Å². The molecule has 0 aliphatic carbocycles. The van der Waals surface area contributed by atoms with Crippen LogP contribution in [0.3, 0.4) is 0 Å². The van der Waals surface area contributed by atoms with E-state index in [-0.39, 0.29) is 0 Å². The van der Waals surface area contributed by atoms with Gasteiger partial charge in [-0.05, 0) is 29.7 Å². The zero-order chi connectivity index (χ0) is 12.7. The summed E-state index contributed by atoms with van der Waals surface area (Å²) in [4.78, 5) is 10.5. The molecule has 0 aromatic heterocycles. The van der Waals surface area contributed by atoms with Gasteiger partial charge in [0.2, 0.25) is 0 Å². The highest BCUT2D eigenvalue weighted by molar-refractivity contribution is 7.98. The molecular formula is C13H19NO2S. The lowest BCUT2D eigenvalue weighted by Crippen LogP contribution is -2.30. The van der Waals surface area contributed by atoms with Crippen molar-refractivity contribution < 1.29 is 9.90 Å². The van der Waals surface area contributed by atoms with Crippen LogP contribution in [0.15, 0.2) is 24.3 Å². The second-order valence-corrected chi connectivity index (χ2v) is 5.06. The predicted octanol–water partition coefficient (Wildman–Crippen LogP) is 2.28. The van der Waals surface area contributed by atoms with Crippen molar-refractivity contribution in [3.05, 3.63) is 35.4 Å². The van der Waals surface area contributed by atoms with Crippen LogP contribution in [0.2, 0.25) is 0 Å². The predicted molar refractivity (Wildman–Crippen MR) is 72.2 cm³/mol. The van der Waals surface area contributed by atoms with E-state index in [2.05, 4.69) is 31.2 Å². The van der Waals surface area contributed by atoms with E-state index in [0.29, 0.717) is 6.42 Å². The monoisotopic (exact) mass is 253 g/mol. The SMILES string of the molecule is CCc1ccc(CSCCC(N)C(=O)O)cc1. The molecule has 1 unspecified atom stereocenters. The zero-order valence-corrected chi connectivity index (χ0v) is 10.9. The Kier molecular flexibility index (Phi) is 6.08. The van der Waals surface area contributed by atoms with Gasteiger partial charge in [0.15, 0.2) is 0 Å². The van der Waals surface area contributed by atoms with Gasteiger partial charge in [-0.2, -0.15) is 11.8 Å². The second-order valence-electron chi connectivity index (χ2n) is 3.96. The Balaban J connectivity index is 2.24. The Morgan fingerprint density at radius 3 is 2.47 bits per heavy atom. The molecule has 1 rings (SSSR count). The molecule has 1 aromatic carbocycles. The normalized spacial score (nSPS) is 12.4. The number of aryl methyl sites for hydroxylation is 1. The first kappa shape index (κ1) is 14.1. The van der Waals surface area contributed by atoms with Gasteiger partial charge in [0.25, 0.3) is 0 Å². The van der Waals surface area contributed by atoms with Crippen molar-refractivity contribution in [1.29, 1.82) is 0 Å². The Labute approximate surface area is 106 Å². The van der Waals surface area contributed by atoms with Crippen molar-refractivity contribution in [2.75, 3.05) is 5.75 Å².